The summed E-state index contributed by atoms with van der Waals surface area (Å²) in [5.74, 6) is -9.21. The second kappa shape index (κ2) is 46.7. The number of unbranched alkanes of at least 4 members (excludes halogenated alkanes) is 2. The summed E-state index contributed by atoms with van der Waals surface area (Å²) in [6, 6.07) is -2.45. The number of nitrogens with two attached hydrogens (primary N) is 1. The zero-order valence-electron chi connectivity index (χ0n) is 56.8. The van der Waals surface area contributed by atoms with Crippen molar-refractivity contribution in [3.63, 3.8) is 0 Å². The molecule has 0 aliphatic carbocycles. The van der Waals surface area contributed by atoms with E-state index in [0.29, 0.717) is 25.8 Å². The number of hydrogen-bond acceptors (Lipinski definition) is 34. The molecule has 4 fully saturated rings. The van der Waals surface area contributed by atoms with Crippen LogP contribution in [-0.2, 0) is 81.0 Å². The molecule has 6 amide bonds. The molecule has 0 spiro atoms. The Balaban J connectivity index is 1.58. The maximum absolute atomic E-state index is 14.8. The van der Waals surface area contributed by atoms with Gasteiger partial charge in [-0.2, -0.15) is 0 Å². The Labute approximate surface area is 587 Å². The summed E-state index contributed by atoms with van der Waals surface area (Å²) in [6.45, 7) is -4.17. The Morgan fingerprint density at radius 2 is 0.725 bits per heavy atom. The van der Waals surface area contributed by atoms with Crippen LogP contribution in [0.25, 0.3) is 0 Å². The average Bonchev–Trinajstić information content (AvgIpc) is 0.830. The van der Waals surface area contributed by atoms with Crippen molar-refractivity contribution in [2.75, 3.05) is 85.6 Å². The van der Waals surface area contributed by atoms with Crippen LogP contribution in [0.3, 0.4) is 0 Å². The van der Waals surface area contributed by atoms with Crippen LogP contribution in [0.1, 0.15) is 103 Å². The number of aliphatic hydroxyl groups is 16. The highest BCUT2D eigenvalue weighted by atomic mass is 16.7. The van der Waals surface area contributed by atoms with E-state index in [9.17, 15) is 125 Å². The van der Waals surface area contributed by atoms with Gasteiger partial charge < -0.3 is 157 Å². The van der Waals surface area contributed by atoms with Gasteiger partial charge in [0.15, 0.2) is 36.7 Å². The van der Waals surface area contributed by atoms with Crippen LogP contribution in [0.5, 0.6) is 0 Å². The fourth-order valence-electron chi connectivity index (χ4n) is 11.3. The van der Waals surface area contributed by atoms with Crippen molar-refractivity contribution >= 4 is 52.8 Å². The van der Waals surface area contributed by atoms with E-state index in [1.54, 1.807) is 0 Å². The van der Waals surface area contributed by atoms with E-state index in [2.05, 4.69) is 31.9 Å². The topological polar surface area (TPSA) is 649 Å². The van der Waals surface area contributed by atoms with Crippen molar-refractivity contribution in [3.05, 3.63) is 0 Å². The standard InChI is InChI=1S/C62H107N7O33/c1-30(74)34(7-4-5-15-63)68-44(80)8-3-2-6-33(75)24-31(9-12-41(77)64-16-20-95-59-53(89)49(85)45(81)37(26-70)99-59)58(94)69-35(11-14-43(79)66-18-22-97-61-55(91)51(87)47(83)39(28-72)101-61)36(76)25-32(57(93)67-19-23-98-62-56(92)52(88)48(84)40(29-73)102-62)10-13-42(78)65-17-21-96-60-54(90)50(86)46(82)38(27-71)100-60/h31-32,34-35,37-40,45-56,59-62,70-73,81-92H,2-29,63H2,1H3,(H,64,77)(H,65,78)(H,66,79)(H,67,93)(H,68,80)(H,69,94)/t31-,32-,34+,35+,37-,38-,39-,40-,45-,46-,47-,48-,49+,50+,51+,52+,53+,54+,55+,56+,59+,60+,61+,62+/m1/s1. The lowest BCUT2D eigenvalue weighted by atomic mass is 9.90. The first-order valence-corrected chi connectivity index (χ1v) is 34.1. The number of hydrogen-bond donors (Lipinski definition) is 23. The van der Waals surface area contributed by atoms with Crippen LogP contribution in [0.4, 0.5) is 0 Å². The molecule has 4 heterocycles. The van der Waals surface area contributed by atoms with Crippen molar-refractivity contribution in [2.45, 2.75) is 238 Å². The molecular weight excluding hydrogens is 1370 g/mol. The van der Waals surface area contributed by atoms with Gasteiger partial charge in [0.05, 0.1) is 64.9 Å². The normalized spacial score (nSPS) is 30.8. The Morgan fingerprint density at radius 1 is 0.373 bits per heavy atom. The molecule has 588 valence electrons. The quantitative estimate of drug-likeness (QED) is 0.0252. The Kier molecular flexibility index (Phi) is 40.9. The van der Waals surface area contributed by atoms with E-state index in [1.807, 2.05) is 0 Å². The van der Waals surface area contributed by atoms with Crippen LogP contribution in [0.2, 0.25) is 0 Å². The van der Waals surface area contributed by atoms with E-state index in [0.717, 1.165) is 0 Å². The third-order valence-corrected chi connectivity index (χ3v) is 17.5. The lowest BCUT2D eigenvalue weighted by Gasteiger charge is -2.39. The molecule has 40 nitrogen and oxygen atoms in total. The van der Waals surface area contributed by atoms with Crippen molar-refractivity contribution in [2.24, 2.45) is 17.6 Å². The molecule has 40 heteroatoms. The van der Waals surface area contributed by atoms with Crippen LogP contribution in [-0.4, -0.2) is 355 Å². The lowest BCUT2D eigenvalue weighted by molar-refractivity contribution is -0.300. The lowest BCUT2D eigenvalue weighted by Crippen LogP contribution is -2.59. The fourth-order valence-corrected chi connectivity index (χ4v) is 11.3. The van der Waals surface area contributed by atoms with Gasteiger partial charge in [0, 0.05) is 83.0 Å². The highest BCUT2D eigenvalue weighted by molar-refractivity contribution is 5.95. The largest absolute Gasteiger partial charge is 0.394 e. The molecule has 4 aliphatic heterocycles. The Hall–Kier alpha value is -5.17. The monoisotopic (exact) mass is 1480 g/mol. The SMILES string of the molecule is CC(=O)[C@H](CCCCN)NC(=O)CCCCC(=O)C[C@@H](CCC(=O)NCCO[C@H]1O[C@H](CO)[C@@H](O)[C@H](O)[C@@H]1O)C(=O)N[C@@H](CCC(=O)NCCO[C@H]1O[C@H](CO)[C@@H](O)[C@H](O)[C@@H]1O)C(=O)C[C@@H](CCC(=O)NCCO[C@H]1O[C@H](CO)[C@@H](O)[C@H](O)[C@@H]1O)C(=O)NCCO[C@H]1O[C@H](CO)[C@@H](O)[C@H](O)[C@@H]1O. The molecule has 0 bridgehead atoms. The van der Waals surface area contributed by atoms with Crippen molar-refractivity contribution in [3.8, 4) is 0 Å². The Bertz CT molecular complexity index is 2570. The molecule has 4 aliphatic rings. The predicted octanol–water partition coefficient (Wildman–Crippen LogP) is -11.5. The summed E-state index contributed by atoms with van der Waals surface area (Å²) in [4.78, 5) is 123. The smallest absolute Gasteiger partial charge is 0.224 e. The molecule has 0 aromatic carbocycles. The maximum atomic E-state index is 14.8. The van der Waals surface area contributed by atoms with Crippen molar-refractivity contribution in [1.29, 1.82) is 0 Å². The minimum Gasteiger partial charge on any atom is -0.394 e. The van der Waals surface area contributed by atoms with Crippen LogP contribution in [0, 0.1) is 11.8 Å². The van der Waals surface area contributed by atoms with Crippen molar-refractivity contribution in [1.82, 2.24) is 31.9 Å². The maximum Gasteiger partial charge on any atom is 0.224 e. The first-order valence-electron chi connectivity index (χ1n) is 34.1. The Morgan fingerprint density at radius 3 is 1.09 bits per heavy atom. The van der Waals surface area contributed by atoms with Gasteiger partial charge in [-0.1, -0.05) is 0 Å². The zero-order valence-corrected chi connectivity index (χ0v) is 56.8. The number of ether oxygens (including phenoxy) is 8. The average molecular weight is 1480 g/mol. The van der Waals surface area contributed by atoms with Gasteiger partial charge in [0.2, 0.25) is 35.4 Å². The minimum atomic E-state index is -1.82. The molecule has 0 unspecified atom stereocenters. The molecule has 0 saturated carbocycles. The first-order chi connectivity index (χ1) is 48.5. The number of carbonyl (C=O) groups excluding carboxylic acids is 9. The van der Waals surface area contributed by atoms with Gasteiger partial charge in [0.25, 0.3) is 0 Å². The molecule has 24 atom stereocenters. The first kappa shape index (κ1) is 89.2. The molecule has 4 saturated heterocycles. The molecule has 102 heavy (non-hydrogen) atoms. The number of nitrogens with one attached hydrogen (secondary N) is 6. The molecule has 4 rings (SSSR count). The fraction of sp³-hybridized carbons (Fsp3) is 0.855. The van der Waals surface area contributed by atoms with Gasteiger partial charge in [-0.3, -0.25) is 43.2 Å². The van der Waals surface area contributed by atoms with E-state index in [4.69, 9.17) is 43.6 Å². The van der Waals surface area contributed by atoms with Gasteiger partial charge in [-0.05, 0) is 64.8 Å². The van der Waals surface area contributed by atoms with Crippen molar-refractivity contribution < 1.29 is 163 Å². The van der Waals surface area contributed by atoms with Gasteiger partial charge >= 0.3 is 0 Å². The highest BCUT2D eigenvalue weighted by Crippen LogP contribution is 2.27. The summed E-state index contributed by atoms with van der Waals surface area (Å²) in [5, 5.41) is 177. The minimum absolute atomic E-state index is 0.0795. The number of Topliss-reactive ketones (excluding diaryl/α,β-unsaturated/α-hetero) is 3. The summed E-state index contributed by atoms with van der Waals surface area (Å²) in [5.41, 5.74) is 5.57. The van der Waals surface area contributed by atoms with E-state index < -0.39 is 285 Å². The number of amides is 6. The summed E-state index contributed by atoms with van der Waals surface area (Å²) < 4.78 is 43.1. The third-order valence-electron chi connectivity index (χ3n) is 17.5. The molecule has 0 aromatic heterocycles. The van der Waals surface area contributed by atoms with Crippen LogP contribution in [0.15, 0.2) is 0 Å². The van der Waals surface area contributed by atoms with E-state index >= 15 is 0 Å². The summed E-state index contributed by atoms with van der Waals surface area (Å²) in [7, 11) is 0. The molecular formula is C62H107N7O33. The second-order valence-electron chi connectivity index (χ2n) is 25.3. The third kappa shape index (κ3) is 28.9. The summed E-state index contributed by atoms with van der Waals surface area (Å²) >= 11 is 0. The van der Waals surface area contributed by atoms with E-state index in [1.165, 1.54) is 6.92 Å². The molecule has 0 radical (unpaired) electrons. The summed E-state index contributed by atoms with van der Waals surface area (Å²) in [6.07, 6.45) is -35.2. The van der Waals surface area contributed by atoms with Gasteiger partial charge in [-0.25, -0.2) is 0 Å². The number of carbonyl (C=O) groups is 9. The molecule has 24 N–H and O–H groups in total. The van der Waals surface area contributed by atoms with Crippen LogP contribution >= 0.6 is 0 Å². The highest BCUT2D eigenvalue weighted by Gasteiger charge is 2.48. The second-order valence-corrected chi connectivity index (χ2v) is 25.3. The van der Waals surface area contributed by atoms with Crippen LogP contribution < -0.4 is 37.6 Å². The van der Waals surface area contributed by atoms with Gasteiger partial charge in [0.1, 0.15) is 103 Å². The number of rotatable bonds is 48. The predicted molar refractivity (Wildman–Crippen MR) is 341 cm³/mol. The number of ketones is 3. The van der Waals surface area contributed by atoms with Gasteiger partial charge in [-0.15, -0.1) is 0 Å². The molecule has 0 aromatic rings. The van der Waals surface area contributed by atoms with E-state index in [-0.39, 0.29) is 70.7 Å². The zero-order chi connectivity index (χ0) is 75.8. The number of aliphatic hydroxyl groups excluding tert-OH is 16.